The molecule has 4 N–H and O–H groups in total. The Morgan fingerprint density at radius 3 is 2.54 bits per heavy atom. The number of amides is 4. The van der Waals surface area contributed by atoms with Crippen LogP contribution in [0.1, 0.15) is 37.7 Å². The van der Waals surface area contributed by atoms with Crippen molar-refractivity contribution in [2.75, 3.05) is 18.4 Å². The maximum absolute atomic E-state index is 12.7. The Bertz CT molecular complexity index is 776. The van der Waals surface area contributed by atoms with E-state index in [2.05, 4.69) is 15.6 Å². The number of primary amides is 1. The molecule has 0 radical (unpaired) electrons. The highest BCUT2D eigenvalue weighted by Gasteiger charge is 2.43. The first kappa shape index (κ1) is 18.3. The molecule has 2 unspecified atom stereocenters. The SMILES string of the molecule is N#Cc1ccc(N[C@@H]2CCN(C(=O)NC3CC4CCC(C3)N4C(N)=O)C2)nc1. The molecule has 0 aromatic carbocycles. The van der Waals surface area contributed by atoms with Gasteiger partial charge in [0.25, 0.3) is 0 Å². The molecule has 148 valence electrons. The lowest BCUT2D eigenvalue weighted by atomic mass is 9.98. The van der Waals surface area contributed by atoms with Gasteiger partial charge >= 0.3 is 12.1 Å². The summed E-state index contributed by atoms with van der Waals surface area (Å²) in [6.45, 7) is 1.30. The molecule has 3 aliphatic rings. The molecule has 0 spiro atoms. The largest absolute Gasteiger partial charge is 0.365 e. The van der Waals surface area contributed by atoms with Gasteiger partial charge < -0.3 is 26.2 Å². The third kappa shape index (κ3) is 3.67. The van der Waals surface area contributed by atoms with Crippen LogP contribution in [0.4, 0.5) is 15.4 Å². The lowest BCUT2D eigenvalue weighted by Gasteiger charge is -2.38. The van der Waals surface area contributed by atoms with Crippen molar-refractivity contribution in [3.05, 3.63) is 23.9 Å². The minimum absolute atomic E-state index is 0.0472. The van der Waals surface area contributed by atoms with Crippen molar-refractivity contribution in [3.8, 4) is 6.07 Å². The predicted molar refractivity (Wildman–Crippen MR) is 102 cm³/mol. The number of likely N-dealkylation sites (tertiary alicyclic amines) is 1. The first-order chi connectivity index (χ1) is 13.5. The van der Waals surface area contributed by atoms with Crippen molar-refractivity contribution < 1.29 is 9.59 Å². The highest BCUT2D eigenvalue weighted by molar-refractivity contribution is 5.75. The summed E-state index contributed by atoms with van der Waals surface area (Å²) in [7, 11) is 0. The summed E-state index contributed by atoms with van der Waals surface area (Å²) in [5.41, 5.74) is 6.02. The van der Waals surface area contributed by atoms with Crippen LogP contribution >= 0.6 is 0 Å². The van der Waals surface area contributed by atoms with Crippen molar-refractivity contribution in [1.29, 1.82) is 5.26 Å². The van der Waals surface area contributed by atoms with Gasteiger partial charge in [0.1, 0.15) is 11.9 Å². The molecule has 4 amide bonds. The van der Waals surface area contributed by atoms with Crippen LogP contribution in [-0.4, -0.2) is 64.1 Å². The zero-order chi connectivity index (χ0) is 19.7. The summed E-state index contributed by atoms with van der Waals surface area (Å²) in [5, 5.41) is 15.3. The summed E-state index contributed by atoms with van der Waals surface area (Å²) in [6, 6.07) is 5.69. The molecule has 3 fully saturated rings. The van der Waals surface area contributed by atoms with Gasteiger partial charge in [-0.1, -0.05) is 0 Å². The summed E-state index contributed by atoms with van der Waals surface area (Å²) in [4.78, 5) is 32.1. The van der Waals surface area contributed by atoms with Gasteiger partial charge in [-0.05, 0) is 44.2 Å². The first-order valence-electron chi connectivity index (χ1n) is 9.79. The van der Waals surface area contributed by atoms with E-state index in [1.165, 1.54) is 6.20 Å². The first-order valence-corrected chi connectivity index (χ1v) is 9.79. The number of fused-ring (bicyclic) bond motifs is 2. The van der Waals surface area contributed by atoms with E-state index >= 15 is 0 Å². The van der Waals surface area contributed by atoms with Crippen LogP contribution in [0.5, 0.6) is 0 Å². The molecule has 9 heteroatoms. The van der Waals surface area contributed by atoms with E-state index in [4.69, 9.17) is 11.0 Å². The van der Waals surface area contributed by atoms with Gasteiger partial charge in [-0.2, -0.15) is 5.26 Å². The van der Waals surface area contributed by atoms with Crippen LogP contribution in [0, 0.1) is 11.3 Å². The van der Waals surface area contributed by atoms with Crippen molar-refractivity contribution in [3.63, 3.8) is 0 Å². The maximum atomic E-state index is 12.7. The number of piperidine rings is 1. The Labute approximate surface area is 163 Å². The molecular weight excluding hydrogens is 358 g/mol. The van der Waals surface area contributed by atoms with Gasteiger partial charge in [0.2, 0.25) is 0 Å². The Morgan fingerprint density at radius 2 is 1.93 bits per heavy atom. The number of nitriles is 1. The number of hydrogen-bond acceptors (Lipinski definition) is 5. The van der Waals surface area contributed by atoms with Crippen LogP contribution in [0.25, 0.3) is 0 Å². The van der Waals surface area contributed by atoms with Crippen LogP contribution in [0.3, 0.4) is 0 Å². The van der Waals surface area contributed by atoms with Crippen molar-refractivity contribution >= 4 is 17.9 Å². The molecular formula is C19H25N7O2. The average Bonchev–Trinajstić information content (AvgIpc) is 3.25. The zero-order valence-corrected chi connectivity index (χ0v) is 15.7. The molecule has 3 aliphatic heterocycles. The summed E-state index contributed by atoms with van der Waals surface area (Å²) < 4.78 is 0. The van der Waals surface area contributed by atoms with Crippen LogP contribution in [0.15, 0.2) is 18.3 Å². The zero-order valence-electron chi connectivity index (χ0n) is 15.7. The topological polar surface area (TPSA) is 127 Å². The molecule has 4 heterocycles. The third-order valence-corrected chi connectivity index (χ3v) is 6.04. The van der Waals surface area contributed by atoms with Gasteiger partial charge in [-0.25, -0.2) is 14.6 Å². The molecule has 9 nitrogen and oxygen atoms in total. The molecule has 4 rings (SSSR count). The molecule has 3 atom stereocenters. The normalized spacial score (nSPS) is 28.7. The Kier molecular flexibility index (Phi) is 4.94. The number of carbonyl (C=O) groups excluding carboxylic acids is 2. The van der Waals surface area contributed by atoms with E-state index in [1.54, 1.807) is 17.0 Å². The number of pyridine rings is 1. The lowest BCUT2D eigenvalue weighted by molar-refractivity contribution is 0.136. The van der Waals surface area contributed by atoms with Gasteiger partial charge in [0.15, 0.2) is 0 Å². The summed E-state index contributed by atoms with van der Waals surface area (Å²) >= 11 is 0. The van der Waals surface area contributed by atoms with Gasteiger partial charge in [-0.15, -0.1) is 0 Å². The number of urea groups is 2. The number of carbonyl (C=O) groups is 2. The van der Waals surface area contributed by atoms with E-state index in [9.17, 15) is 9.59 Å². The standard InChI is InChI=1S/C19H25N7O2/c20-9-12-1-4-17(22-10-12)23-13-5-6-25(11-13)19(28)24-14-7-15-2-3-16(8-14)26(15)18(21)27/h1,4,10,13-16H,2-3,5-8,11H2,(H2,21,27)(H,22,23)(H,24,28)/t13-,14?,15?,16?/m1/s1. The molecule has 0 aliphatic carbocycles. The number of aromatic nitrogens is 1. The molecule has 2 bridgehead atoms. The number of hydrogen-bond donors (Lipinski definition) is 3. The summed E-state index contributed by atoms with van der Waals surface area (Å²) in [6.07, 6.45) is 5.86. The fraction of sp³-hybridized carbons (Fsp3) is 0.579. The number of nitrogens with one attached hydrogen (secondary N) is 2. The number of rotatable bonds is 3. The molecule has 0 saturated carbocycles. The Hall–Kier alpha value is -3.02. The molecule has 1 aromatic heterocycles. The van der Waals surface area contributed by atoms with Gasteiger partial charge in [0, 0.05) is 43.5 Å². The third-order valence-electron chi connectivity index (χ3n) is 6.04. The van der Waals surface area contributed by atoms with E-state index in [-0.39, 0.29) is 36.2 Å². The van der Waals surface area contributed by atoms with Gasteiger partial charge in [-0.3, -0.25) is 0 Å². The fourth-order valence-corrected chi connectivity index (χ4v) is 4.74. The minimum atomic E-state index is -0.345. The number of nitrogens with two attached hydrogens (primary N) is 1. The highest BCUT2D eigenvalue weighted by atomic mass is 16.2. The van der Waals surface area contributed by atoms with Crippen LogP contribution in [-0.2, 0) is 0 Å². The van der Waals surface area contributed by atoms with Crippen LogP contribution < -0.4 is 16.4 Å². The van der Waals surface area contributed by atoms with E-state index < -0.39 is 0 Å². The van der Waals surface area contributed by atoms with Gasteiger partial charge in [0.05, 0.1) is 5.56 Å². The van der Waals surface area contributed by atoms with Crippen LogP contribution in [0.2, 0.25) is 0 Å². The van der Waals surface area contributed by atoms with Crippen molar-refractivity contribution in [1.82, 2.24) is 20.1 Å². The minimum Gasteiger partial charge on any atom is -0.365 e. The monoisotopic (exact) mass is 383 g/mol. The van der Waals surface area contributed by atoms with Crippen molar-refractivity contribution in [2.24, 2.45) is 5.73 Å². The second-order valence-corrected chi connectivity index (χ2v) is 7.87. The maximum Gasteiger partial charge on any atom is 0.317 e. The number of nitrogens with zero attached hydrogens (tertiary/aromatic N) is 4. The molecule has 28 heavy (non-hydrogen) atoms. The van der Waals surface area contributed by atoms with E-state index in [1.807, 2.05) is 11.0 Å². The fourth-order valence-electron chi connectivity index (χ4n) is 4.74. The Balaban J connectivity index is 1.27. The number of anilines is 1. The van der Waals surface area contributed by atoms with E-state index in [0.29, 0.717) is 24.5 Å². The second kappa shape index (κ2) is 7.54. The lowest BCUT2D eigenvalue weighted by Crippen LogP contribution is -2.55. The van der Waals surface area contributed by atoms with E-state index in [0.717, 1.165) is 32.1 Å². The molecule has 1 aromatic rings. The smallest absolute Gasteiger partial charge is 0.317 e. The predicted octanol–water partition coefficient (Wildman–Crippen LogP) is 1.22. The highest BCUT2D eigenvalue weighted by Crippen LogP contribution is 2.35. The average molecular weight is 383 g/mol. The quantitative estimate of drug-likeness (QED) is 0.723. The van der Waals surface area contributed by atoms with Crippen molar-refractivity contribution in [2.45, 2.75) is 56.3 Å². The Morgan fingerprint density at radius 1 is 1.18 bits per heavy atom. The second-order valence-electron chi connectivity index (χ2n) is 7.87. The summed E-state index contributed by atoms with van der Waals surface area (Å²) in [5.74, 6) is 0.710. The molecule has 3 saturated heterocycles.